The first-order valence-electron chi connectivity index (χ1n) is 5.48. The Morgan fingerprint density at radius 3 is 2.83 bits per heavy atom. The van der Waals surface area contributed by atoms with Crippen molar-refractivity contribution < 1.29 is 0 Å². The van der Waals surface area contributed by atoms with E-state index in [0.717, 1.165) is 22.0 Å². The van der Waals surface area contributed by atoms with E-state index in [1.807, 2.05) is 6.92 Å². The van der Waals surface area contributed by atoms with E-state index in [4.69, 9.17) is 23.2 Å². The van der Waals surface area contributed by atoms with Gasteiger partial charge in [-0.25, -0.2) is 9.98 Å². The molecule has 2 atom stereocenters. The first kappa shape index (κ1) is 12.1. The number of aliphatic imine (C=N–C) groups is 1. The van der Waals surface area contributed by atoms with Crippen LogP contribution in [-0.2, 0) is 0 Å². The summed E-state index contributed by atoms with van der Waals surface area (Å²) in [6, 6.07) is 0. The lowest BCUT2D eigenvalue weighted by molar-refractivity contribution is 0.655. The molecule has 94 valence electrons. The molecule has 0 saturated carbocycles. The number of nitrogens with zero attached hydrogens (tertiary/aromatic N) is 3. The second kappa shape index (κ2) is 4.33. The largest absolute Gasteiger partial charge is 0.261 e. The monoisotopic (exact) mass is 300 g/mol. The summed E-state index contributed by atoms with van der Waals surface area (Å²) in [7, 11) is 0. The molecule has 1 aliphatic heterocycles. The van der Waals surface area contributed by atoms with Crippen molar-refractivity contribution >= 4 is 46.1 Å². The summed E-state index contributed by atoms with van der Waals surface area (Å²) < 4.78 is 0.465. The lowest BCUT2D eigenvalue weighted by Crippen LogP contribution is -2.21. The Balaban J connectivity index is 2.17. The van der Waals surface area contributed by atoms with E-state index in [9.17, 15) is 0 Å². The summed E-state index contributed by atoms with van der Waals surface area (Å²) in [4.78, 5) is 9.57. The fourth-order valence-electron chi connectivity index (χ4n) is 2.24. The molecular formula is C11H10Cl2N4S. The van der Waals surface area contributed by atoms with Crippen LogP contribution in [0.3, 0.4) is 0 Å². The number of aromatic nitrogens is 3. The molecule has 1 aliphatic rings. The quantitative estimate of drug-likeness (QED) is 0.864. The van der Waals surface area contributed by atoms with Crippen LogP contribution in [0.2, 0.25) is 9.62 Å². The van der Waals surface area contributed by atoms with Gasteiger partial charge in [-0.15, -0.1) is 11.3 Å². The molecule has 0 bridgehead atoms. The molecule has 4 nitrogen and oxygen atoms in total. The van der Waals surface area contributed by atoms with Crippen LogP contribution in [0.25, 0.3) is 0 Å². The molecule has 2 unspecified atom stereocenters. The summed E-state index contributed by atoms with van der Waals surface area (Å²) in [5, 5.41) is 7.44. The van der Waals surface area contributed by atoms with Gasteiger partial charge in [0.05, 0.1) is 11.1 Å². The van der Waals surface area contributed by atoms with Crippen LogP contribution in [0, 0.1) is 5.92 Å². The highest BCUT2D eigenvalue weighted by atomic mass is 35.5. The van der Waals surface area contributed by atoms with E-state index in [0.29, 0.717) is 9.62 Å². The van der Waals surface area contributed by atoms with Gasteiger partial charge in [0.2, 0.25) is 0 Å². The lowest BCUT2D eigenvalue weighted by atomic mass is 9.83. The maximum atomic E-state index is 6.17. The lowest BCUT2D eigenvalue weighted by Gasteiger charge is -2.26. The minimum atomic E-state index is 0.119. The number of fused-ring (bicyclic) bond motifs is 1. The van der Waals surface area contributed by atoms with Crippen LogP contribution in [0.4, 0.5) is 5.82 Å². The summed E-state index contributed by atoms with van der Waals surface area (Å²) in [6.07, 6.45) is 1.80. The Hall–Kier alpha value is -0.910. The second-order valence-corrected chi connectivity index (χ2v) is 6.29. The third-order valence-electron chi connectivity index (χ3n) is 3.30. The highest BCUT2D eigenvalue weighted by Gasteiger charge is 2.34. The van der Waals surface area contributed by atoms with E-state index in [1.165, 1.54) is 11.3 Å². The summed E-state index contributed by atoms with van der Waals surface area (Å²) in [5.74, 6) is 1.18. The molecule has 0 radical (unpaired) electrons. The van der Waals surface area contributed by atoms with Crippen molar-refractivity contribution in [2.24, 2.45) is 10.9 Å². The number of rotatable bonds is 1. The Kier molecular flexibility index (Phi) is 2.92. The van der Waals surface area contributed by atoms with Crippen LogP contribution >= 0.6 is 34.5 Å². The molecule has 1 N–H and O–H groups in total. The normalized spacial score (nSPS) is 22.8. The maximum absolute atomic E-state index is 6.17. The van der Waals surface area contributed by atoms with Crippen molar-refractivity contribution in [2.75, 3.05) is 0 Å². The number of halogens is 2. The van der Waals surface area contributed by atoms with E-state index in [-0.39, 0.29) is 11.8 Å². The van der Waals surface area contributed by atoms with Gasteiger partial charge >= 0.3 is 0 Å². The molecular weight excluding hydrogens is 291 g/mol. The van der Waals surface area contributed by atoms with E-state index in [2.05, 4.69) is 27.1 Å². The summed E-state index contributed by atoms with van der Waals surface area (Å²) >= 11 is 13.5. The first-order valence-corrected chi connectivity index (χ1v) is 7.05. The van der Waals surface area contributed by atoms with Crippen molar-refractivity contribution in [3.8, 4) is 0 Å². The first-order chi connectivity index (χ1) is 8.58. The standard InChI is InChI=1S/C11H10Cl2N4S/c1-4-5(2)15-10-6(3-14-17-10)7(4)8-9(12)16-11(13)18-8/h3-4,7H,1-2H3,(H,14,17). The van der Waals surface area contributed by atoms with Crippen LogP contribution < -0.4 is 0 Å². The molecule has 2 aromatic heterocycles. The maximum Gasteiger partial charge on any atom is 0.185 e. The molecule has 18 heavy (non-hydrogen) atoms. The minimum absolute atomic E-state index is 0.119. The van der Waals surface area contributed by atoms with Gasteiger partial charge in [-0.3, -0.25) is 5.10 Å². The Morgan fingerprint density at radius 1 is 1.39 bits per heavy atom. The molecule has 2 aromatic rings. The van der Waals surface area contributed by atoms with E-state index in [1.54, 1.807) is 6.20 Å². The Bertz CT molecular complexity index is 631. The van der Waals surface area contributed by atoms with Gasteiger partial charge in [0.25, 0.3) is 0 Å². The van der Waals surface area contributed by atoms with Crippen LogP contribution in [0.5, 0.6) is 0 Å². The average Bonchev–Trinajstić information content (AvgIpc) is 2.87. The van der Waals surface area contributed by atoms with Crippen molar-refractivity contribution in [3.63, 3.8) is 0 Å². The van der Waals surface area contributed by atoms with Crippen molar-refractivity contribution in [3.05, 3.63) is 26.3 Å². The number of nitrogens with one attached hydrogen (secondary N) is 1. The van der Waals surface area contributed by atoms with Gasteiger partial charge in [0.1, 0.15) is 5.15 Å². The van der Waals surface area contributed by atoms with E-state index >= 15 is 0 Å². The number of H-pyrrole nitrogens is 1. The zero-order chi connectivity index (χ0) is 12.9. The highest BCUT2D eigenvalue weighted by molar-refractivity contribution is 7.16. The highest BCUT2D eigenvalue weighted by Crippen LogP contribution is 2.45. The molecule has 0 aliphatic carbocycles. The fraction of sp³-hybridized carbons (Fsp3) is 0.364. The molecule has 0 amide bonds. The van der Waals surface area contributed by atoms with Gasteiger partial charge in [0.15, 0.2) is 10.3 Å². The number of aromatic amines is 1. The van der Waals surface area contributed by atoms with Gasteiger partial charge < -0.3 is 0 Å². The molecule has 3 heterocycles. The molecule has 3 rings (SSSR count). The summed E-state index contributed by atoms with van der Waals surface area (Å²) in [5.41, 5.74) is 2.10. The Labute approximate surface area is 118 Å². The molecule has 0 fully saturated rings. The number of thiazole rings is 1. The third kappa shape index (κ3) is 1.77. The predicted molar refractivity (Wildman–Crippen MR) is 74.5 cm³/mol. The fourth-order valence-corrected chi connectivity index (χ4v) is 3.89. The number of hydrogen-bond donors (Lipinski definition) is 1. The van der Waals surface area contributed by atoms with Crippen molar-refractivity contribution in [2.45, 2.75) is 19.8 Å². The van der Waals surface area contributed by atoms with Crippen molar-refractivity contribution in [1.82, 2.24) is 15.2 Å². The Morgan fingerprint density at radius 2 is 2.17 bits per heavy atom. The number of hydrogen-bond acceptors (Lipinski definition) is 4. The minimum Gasteiger partial charge on any atom is -0.261 e. The zero-order valence-corrected chi connectivity index (χ0v) is 12.1. The molecule has 0 saturated heterocycles. The van der Waals surface area contributed by atoms with Gasteiger partial charge in [-0.1, -0.05) is 30.1 Å². The van der Waals surface area contributed by atoms with E-state index < -0.39 is 0 Å². The van der Waals surface area contributed by atoms with Gasteiger partial charge in [0, 0.05) is 23.1 Å². The molecule has 0 spiro atoms. The smallest absolute Gasteiger partial charge is 0.185 e. The average molecular weight is 301 g/mol. The van der Waals surface area contributed by atoms with Crippen LogP contribution in [0.15, 0.2) is 11.2 Å². The third-order valence-corrected chi connectivity index (χ3v) is 4.94. The second-order valence-electron chi connectivity index (χ2n) is 4.32. The topological polar surface area (TPSA) is 53.9 Å². The summed E-state index contributed by atoms with van der Waals surface area (Å²) in [6.45, 7) is 4.14. The predicted octanol–water partition coefficient (Wildman–Crippen LogP) is 4.05. The van der Waals surface area contributed by atoms with Crippen molar-refractivity contribution in [1.29, 1.82) is 0 Å². The van der Waals surface area contributed by atoms with Crippen LogP contribution in [-0.4, -0.2) is 20.9 Å². The SMILES string of the molecule is CC1=Nc2[nH]ncc2C(c2sc(Cl)nc2Cl)C1C. The zero-order valence-electron chi connectivity index (χ0n) is 9.74. The molecule has 0 aromatic carbocycles. The van der Waals surface area contributed by atoms with Crippen LogP contribution in [0.1, 0.15) is 30.2 Å². The molecule has 7 heteroatoms. The van der Waals surface area contributed by atoms with Gasteiger partial charge in [-0.2, -0.15) is 5.10 Å². The van der Waals surface area contributed by atoms with Gasteiger partial charge in [-0.05, 0) is 6.92 Å².